The predicted octanol–water partition coefficient (Wildman–Crippen LogP) is 3.35. The van der Waals surface area contributed by atoms with Gasteiger partial charge in [-0.3, -0.25) is 0 Å². The summed E-state index contributed by atoms with van der Waals surface area (Å²) in [5, 5.41) is 2.10. The summed E-state index contributed by atoms with van der Waals surface area (Å²) in [7, 11) is 0. The molecule has 2 rings (SSSR count). The quantitative estimate of drug-likeness (QED) is 0.788. The van der Waals surface area contributed by atoms with Crippen molar-refractivity contribution in [1.29, 1.82) is 0 Å². The van der Waals surface area contributed by atoms with Crippen LogP contribution in [0.4, 0.5) is 0 Å². The molecular formula is C12H17ClN2OS. The summed E-state index contributed by atoms with van der Waals surface area (Å²) in [5.74, 6) is 0. The van der Waals surface area contributed by atoms with E-state index in [4.69, 9.17) is 16.3 Å². The Morgan fingerprint density at radius 2 is 2.35 bits per heavy atom. The summed E-state index contributed by atoms with van der Waals surface area (Å²) in [6.45, 7) is 5.10. The normalized spacial score (nSPS) is 24.2. The zero-order chi connectivity index (χ0) is 12.3. The summed E-state index contributed by atoms with van der Waals surface area (Å²) in [6, 6.07) is 0. The zero-order valence-electron chi connectivity index (χ0n) is 10.1. The number of hydrogen-bond acceptors (Lipinski definition) is 4. The largest absolute Gasteiger partial charge is 0.377 e. The van der Waals surface area contributed by atoms with E-state index in [1.807, 2.05) is 0 Å². The van der Waals surface area contributed by atoms with Gasteiger partial charge in [0.25, 0.3) is 0 Å². The SMILES string of the molecule is CCCc1c(Cl)ncnc1SC1CCOC1C. The van der Waals surface area contributed by atoms with Crippen molar-refractivity contribution < 1.29 is 4.74 Å². The van der Waals surface area contributed by atoms with Crippen molar-refractivity contribution in [2.75, 3.05) is 6.61 Å². The Bertz CT molecular complexity index is 389. The molecule has 1 aromatic rings. The molecule has 0 amide bonds. The van der Waals surface area contributed by atoms with Gasteiger partial charge in [0.2, 0.25) is 0 Å². The van der Waals surface area contributed by atoms with Crippen molar-refractivity contribution in [2.24, 2.45) is 0 Å². The third kappa shape index (κ3) is 3.12. The summed E-state index contributed by atoms with van der Waals surface area (Å²) in [5.41, 5.74) is 1.08. The van der Waals surface area contributed by atoms with Gasteiger partial charge in [-0.2, -0.15) is 0 Å². The zero-order valence-corrected chi connectivity index (χ0v) is 11.7. The van der Waals surface area contributed by atoms with E-state index in [0.717, 1.165) is 36.5 Å². The van der Waals surface area contributed by atoms with Crippen molar-refractivity contribution in [3.63, 3.8) is 0 Å². The van der Waals surface area contributed by atoms with Gasteiger partial charge in [0.1, 0.15) is 16.5 Å². The van der Waals surface area contributed by atoms with Crippen LogP contribution in [-0.4, -0.2) is 27.9 Å². The second-order valence-electron chi connectivity index (χ2n) is 4.22. The fraction of sp³-hybridized carbons (Fsp3) is 0.667. The standard InChI is InChI=1S/C12H17ClN2OS/c1-3-4-9-11(13)14-7-15-12(9)17-10-5-6-16-8(10)2/h7-8,10H,3-6H2,1-2H3. The van der Waals surface area contributed by atoms with Crippen LogP contribution < -0.4 is 0 Å². The van der Waals surface area contributed by atoms with Gasteiger partial charge in [0, 0.05) is 17.4 Å². The van der Waals surface area contributed by atoms with Gasteiger partial charge < -0.3 is 4.74 Å². The average molecular weight is 273 g/mol. The van der Waals surface area contributed by atoms with E-state index < -0.39 is 0 Å². The van der Waals surface area contributed by atoms with Gasteiger partial charge in [-0.15, -0.1) is 0 Å². The summed E-state index contributed by atoms with van der Waals surface area (Å²) in [6.07, 6.45) is 4.91. The average Bonchev–Trinajstić information content (AvgIpc) is 2.70. The van der Waals surface area contributed by atoms with E-state index in [1.54, 1.807) is 18.1 Å². The highest BCUT2D eigenvalue weighted by Gasteiger charge is 2.26. The molecule has 2 atom stereocenters. The molecule has 0 saturated carbocycles. The number of rotatable bonds is 4. The molecule has 1 aliphatic rings. The molecule has 0 aliphatic carbocycles. The van der Waals surface area contributed by atoms with E-state index in [0.29, 0.717) is 16.5 Å². The third-order valence-corrected chi connectivity index (χ3v) is 4.75. The first-order valence-corrected chi connectivity index (χ1v) is 7.25. The highest BCUT2D eigenvalue weighted by Crippen LogP contribution is 2.35. The Kier molecular flexibility index (Phi) is 4.65. The van der Waals surface area contributed by atoms with Crippen LogP contribution >= 0.6 is 23.4 Å². The second-order valence-corrected chi connectivity index (χ2v) is 5.80. The van der Waals surface area contributed by atoms with E-state index in [2.05, 4.69) is 23.8 Å². The van der Waals surface area contributed by atoms with Gasteiger partial charge in [-0.05, 0) is 19.8 Å². The fourth-order valence-electron chi connectivity index (χ4n) is 1.95. The van der Waals surface area contributed by atoms with E-state index >= 15 is 0 Å². The summed E-state index contributed by atoms with van der Waals surface area (Å²) in [4.78, 5) is 8.43. The Morgan fingerprint density at radius 1 is 1.53 bits per heavy atom. The molecule has 17 heavy (non-hydrogen) atoms. The maximum atomic E-state index is 6.13. The molecule has 1 saturated heterocycles. The molecule has 0 spiro atoms. The predicted molar refractivity (Wildman–Crippen MR) is 70.7 cm³/mol. The first-order chi connectivity index (χ1) is 8.22. The summed E-state index contributed by atoms with van der Waals surface area (Å²) >= 11 is 7.91. The number of aromatic nitrogens is 2. The van der Waals surface area contributed by atoms with E-state index in [9.17, 15) is 0 Å². The Balaban J connectivity index is 2.16. The first-order valence-electron chi connectivity index (χ1n) is 6.00. The van der Waals surface area contributed by atoms with Gasteiger partial charge >= 0.3 is 0 Å². The minimum atomic E-state index is 0.295. The lowest BCUT2D eigenvalue weighted by molar-refractivity contribution is 0.127. The van der Waals surface area contributed by atoms with Gasteiger partial charge in [-0.1, -0.05) is 36.7 Å². The highest BCUT2D eigenvalue weighted by molar-refractivity contribution is 8.00. The van der Waals surface area contributed by atoms with Crippen LogP contribution in [-0.2, 0) is 11.2 Å². The molecule has 2 unspecified atom stereocenters. The lowest BCUT2D eigenvalue weighted by atomic mass is 10.2. The van der Waals surface area contributed by atoms with Crippen LogP contribution in [0.15, 0.2) is 11.4 Å². The van der Waals surface area contributed by atoms with E-state index in [1.165, 1.54) is 0 Å². The molecule has 0 bridgehead atoms. The third-order valence-electron chi connectivity index (χ3n) is 2.92. The maximum Gasteiger partial charge on any atom is 0.136 e. The van der Waals surface area contributed by atoms with Crippen molar-refractivity contribution in [3.05, 3.63) is 17.0 Å². The van der Waals surface area contributed by atoms with Crippen molar-refractivity contribution in [2.45, 2.75) is 49.5 Å². The van der Waals surface area contributed by atoms with Crippen molar-refractivity contribution in [3.8, 4) is 0 Å². The van der Waals surface area contributed by atoms with E-state index in [-0.39, 0.29) is 0 Å². The molecule has 0 aromatic carbocycles. The Morgan fingerprint density at radius 3 is 3.00 bits per heavy atom. The topological polar surface area (TPSA) is 35.0 Å². The highest BCUT2D eigenvalue weighted by atomic mass is 35.5. The van der Waals surface area contributed by atoms with Gasteiger partial charge in [0.15, 0.2) is 0 Å². The number of halogens is 1. The van der Waals surface area contributed by atoms with Crippen LogP contribution in [0.5, 0.6) is 0 Å². The number of nitrogens with zero attached hydrogens (tertiary/aromatic N) is 2. The molecule has 1 aromatic heterocycles. The van der Waals surface area contributed by atoms with Crippen LogP contribution in [0, 0.1) is 0 Å². The Labute approximate surface area is 111 Å². The number of thioether (sulfide) groups is 1. The molecule has 0 N–H and O–H groups in total. The van der Waals surface area contributed by atoms with Crippen molar-refractivity contribution >= 4 is 23.4 Å². The maximum absolute atomic E-state index is 6.13. The smallest absolute Gasteiger partial charge is 0.136 e. The van der Waals surface area contributed by atoms with Crippen LogP contribution in [0.2, 0.25) is 5.15 Å². The molecule has 1 fully saturated rings. The van der Waals surface area contributed by atoms with Crippen LogP contribution in [0.1, 0.15) is 32.3 Å². The molecule has 2 heterocycles. The van der Waals surface area contributed by atoms with Crippen molar-refractivity contribution in [1.82, 2.24) is 9.97 Å². The second kappa shape index (κ2) is 6.03. The molecule has 1 aliphatic heterocycles. The minimum Gasteiger partial charge on any atom is -0.377 e. The minimum absolute atomic E-state index is 0.295. The summed E-state index contributed by atoms with van der Waals surface area (Å²) < 4.78 is 5.57. The number of hydrogen-bond donors (Lipinski definition) is 0. The molecule has 3 nitrogen and oxygen atoms in total. The van der Waals surface area contributed by atoms with Crippen LogP contribution in [0.3, 0.4) is 0 Å². The van der Waals surface area contributed by atoms with Crippen LogP contribution in [0.25, 0.3) is 0 Å². The molecule has 5 heteroatoms. The molecular weight excluding hydrogens is 256 g/mol. The lowest BCUT2D eigenvalue weighted by Gasteiger charge is -2.15. The first kappa shape index (κ1) is 13.1. The van der Waals surface area contributed by atoms with Gasteiger partial charge in [-0.25, -0.2) is 9.97 Å². The number of ether oxygens (including phenoxy) is 1. The monoisotopic (exact) mass is 272 g/mol. The fourth-order valence-corrected chi connectivity index (χ4v) is 3.45. The van der Waals surface area contributed by atoms with Gasteiger partial charge in [0.05, 0.1) is 6.10 Å². The Hall–Kier alpha value is -0.320. The molecule has 94 valence electrons. The molecule has 0 radical (unpaired) electrons. The lowest BCUT2D eigenvalue weighted by Crippen LogP contribution is -2.14.